The maximum Gasteiger partial charge on any atom is 0.256 e. The van der Waals surface area contributed by atoms with Crippen molar-refractivity contribution in [2.45, 2.75) is 0 Å². The number of H-pyrrole nitrogens is 1. The van der Waals surface area contributed by atoms with Crippen molar-refractivity contribution in [2.24, 2.45) is 0 Å². The van der Waals surface area contributed by atoms with Gasteiger partial charge in [-0.25, -0.2) is 0 Å². The molecule has 0 aliphatic heterocycles. The summed E-state index contributed by atoms with van der Waals surface area (Å²) in [4.78, 5) is 12.4. The zero-order valence-corrected chi connectivity index (χ0v) is 13.7. The normalized spacial score (nSPS) is 10.3. The summed E-state index contributed by atoms with van der Waals surface area (Å²) in [5, 5.41) is 16.6. The predicted molar refractivity (Wildman–Crippen MR) is 88.3 cm³/mol. The minimum Gasteiger partial charge on any atom is -0.497 e. The van der Waals surface area contributed by atoms with Crippen molar-refractivity contribution in [3.63, 3.8) is 0 Å². The maximum absolute atomic E-state index is 12.4. The van der Waals surface area contributed by atoms with Gasteiger partial charge < -0.3 is 10.1 Å². The molecule has 2 aromatic carbocycles. The second-order valence-corrected chi connectivity index (χ2v) is 5.47. The van der Waals surface area contributed by atoms with Crippen molar-refractivity contribution in [2.75, 3.05) is 12.4 Å². The monoisotopic (exact) mass is 373 g/mol. The SMILES string of the molecule is COc1ccc(C(=O)Nc2cccc(-c3nn[nH]n3)c2)c(Br)c1. The third kappa shape index (κ3) is 3.37. The molecule has 3 rings (SSSR count). The topological polar surface area (TPSA) is 92.8 Å². The fourth-order valence-corrected chi connectivity index (χ4v) is 2.56. The molecule has 0 saturated heterocycles. The molecule has 8 heteroatoms. The van der Waals surface area contributed by atoms with Gasteiger partial charge in [-0.3, -0.25) is 4.79 Å². The summed E-state index contributed by atoms with van der Waals surface area (Å²) in [5.41, 5.74) is 1.90. The first-order valence-electron chi connectivity index (χ1n) is 6.66. The van der Waals surface area contributed by atoms with Crippen LogP contribution in [0.3, 0.4) is 0 Å². The van der Waals surface area contributed by atoms with E-state index in [0.29, 0.717) is 27.3 Å². The average molecular weight is 374 g/mol. The number of amides is 1. The van der Waals surface area contributed by atoms with Gasteiger partial charge >= 0.3 is 0 Å². The lowest BCUT2D eigenvalue weighted by atomic mass is 10.1. The van der Waals surface area contributed by atoms with Crippen LogP contribution in [0, 0.1) is 0 Å². The number of aromatic amines is 1. The second-order valence-electron chi connectivity index (χ2n) is 4.62. The van der Waals surface area contributed by atoms with Crippen molar-refractivity contribution >= 4 is 27.5 Å². The number of aromatic nitrogens is 4. The van der Waals surface area contributed by atoms with Crippen LogP contribution in [0.25, 0.3) is 11.4 Å². The molecular formula is C15H12BrN5O2. The fourth-order valence-electron chi connectivity index (χ4n) is 2.03. The van der Waals surface area contributed by atoms with Crippen molar-refractivity contribution in [3.05, 3.63) is 52.5 Å². The molecule has 0 spiro atoms. The van der Waals surface area contributed by atoms with Crippen LogP contribution in [0.15, 0.2) is 46.9 Å². The van der Waals surface area contributed by atoms with Gasteiger partial charge in [0.05, 0.1) is 12.7 Å². The molecule has 1 amide bonds. The number of hydrogen-bond donors (Lipinski definition) is 2. The highest BCUT2D eigenvalue weighted by atomic mass is 79.9. The summed E-state index contributed by atoms with van der Waals surface area (Å²) in [7, 11) is 1.57. The van der Waals surface area contributed by atoms with Crippen LogP contribution in [0.2, 0.25) is 0 Å². The summed E-state index contributed by atoms with van der Waals surface area (Å²) in [6, 6.07) is 12.4. The Hall–Kier alpha value is -2.74. The highest BCUT2D eigenvalue weighted by Crippen LogP contribution is 2.24. The zero-order chi connectivity index (χ0) is 16.2. The second kappa shape index (κ2) is 6.57. The summed E-state index contributed by atoms with van der Waals surface area (Å²) in [5.74, 6) is 0.907. The molecule has 0 aliphatic rings. The zero-order valence-electron chi connectivity index (χ0n) is 12.1. The number of hydrogen-bond acceptors (Lipinski definition) is 5. The minimum absolute atomic E-state index is 0.232. The Morgan fingerprint density at radius 2 is 2.13 bits per heavy atom. The van der Waals surface area contributed by atoms with Crippen LogP contribution < -0.4 is 10.1 Å². The van der Waals surface area contributed by atoms with Crippen LogP contribution in [0.4, 0.5) is 5.69 Å². The summed E-state index contributed by atoms with van der Waals surface area (Å²) in [6.07, 6.45) is 0. The number of ether oxygens (including phenoxy) is 1. The highest BCUT2D eigenvalue weighted by Gasteiger charge is 2.12. The fraction of sp³-hybridized carbons (Fsp3) is 0.0667. The molecule has 0 saturated carbocycles. The molecule has 0 unspecified atom stereocenters. The Balaban J connectivity index is 1.82. The van der Waals surface area contributed by atoms with E-state index < -0.39 is 0 Å². The highest BCUT2D eigenvalue weighted by molar-refractivity contribution is 9.10. The van der Waals surface area contributed by atoms with Gasteiger partial charge in [0, 0.05) is 15.7 Å². The molecule has 0 atom stereocenters. The van der Waals surface area contributed by atoms with E-state index in [2.05, 4.69) is 41.9 Å². The molecule has 1 heterocycles. The van der Waals surface area contributed by atoms with E-state index >= 15 is 0 Å². The van der Waals surface area contributed by atoms with Gasteiger partial charge in [0.2, 0.25) is 5.82 Å². The number of halogens is 1. The number of tetrazole rings is 1. The number of rotatable bonds is 4. The Morgan fingerprint density at radius 1 is 1.26 bits per heavy atom. The molecule has 0 bridgehead atoms. The average Bonchev–Trinajstić information content (AvgIpc) is 3.09. The number of anilines is 1. The largest absolute Gasteiger partial charge is 0.497 e. The third-order valence-corrected chi connectivity index (χ3v) is 3.80. The Bertz CT molecular complexity index is 836. The Kier molecular flexibility index (Phi) is 4.33. The summed E-state index contributed by atoms with van der Waals surface area (Å²) >= 11 is 3.37. The van der Waals surface area contributed by atoms with E-state index in [0.717, 1.165) is 5.56 Å². The molecule has 0 aliphatic carbocycles. The Labute approximate surface area is 140 Å². The van der Waals surface area contributed by atoms with Crippen molar-refractivity contribution in [1.82, 2.24) is 20.6 Å². The van der Waals surface area contributed by atoms with Crippen molar-refractivity contribution < 1.29 is 9.53 Å². The quantitative estimate of drug-likeness (QED) is 0.733. The van der Waals surface area contributed by atoms with Crippen LogP contribution >= 0.6 is 15.9 Å². The summed E-state index contributed by atoms with van der Waals surface area (Å²) < 4.78 is 5.78. The van der Waals surface area contributed by atoms with Crippen LogP contribution in [-0.2, 0) is 0 Å². The number of benzene rings is 2. The molecule has 116 valence electrons. The van der Waals surface area contributed by atoms with E-state index in [1.807, 2.05) is 12.1 Å². The Morgan fingerprint density at radius 3 is 2.83 bits per heavy atom. The van der Waals surface area contributed by atoms with E-state index in [1.54, 1.807) is 37.4 Å². The first-order valence-corrected chi connectivity index (χ1v) is 7.45. The predicted octanol–water partition coefficient (Wildman–Crippen LogP) is 2.89. The van der Waals surface area contributed by atoms with Gasteiger partial charge in [-0.15, -0.1) is 10.2 Å². The third-order valence-electron chi connectivity index (χ3n) is 3.14. The lowest BCUT2D eigenvalue weighted by Crippen LogP contribution is -2.12. The molecule has 2 N–H and O–H groups in total. The maximum atomic E-state index is 12.4. The first-order chi connectivity index (χ1) is 11.2. The van der Waals surface area contributed by atoms with E-state index in [1.165, 1.54) is 0 Å². The van der Waals surface area contributed by atoms with Crippen LogP contribution in [-0.4, -0.2) is 33.6 Å². The summed E-state index contributed by atoms with van der Waals surface area (Å²) in [6.45, 7) is 0. The standard InChI is InChI=1S/C15H12BrN5O2/c1-23-11-5-6-12(13(16)8-11)15(22)17-10-4-2-3-9(7-10)14-18-20-21-19-14/h2-8H,1H3,(H,17,22)(H,18,19,20,21). The van der Waals surface area contributed by atoms with E-state index in [9.17, 15) is 4.79 Å². The first kappa shape index (κ1) is 15.2. The van der Waals surface area contributed by atoms with Gasteiger partial charge in [-0.05, 0) is 51.5 Å². The number of nitrogens with one attached hydrogen (secondary N) is 2. The molecule has 7 nitrogen and oxygen atoms in total. The molecular weight excluding hydrogens is 362 g/mol. The number of carbonyl (C=O) groups excluding carboxylic acids is 1. The van der Waals surface area contributed by atoms with Gasteiger partial charge in [0.15, 0.2) is 0 Å². The van der Waals surface area contributed by atoms with Crippen LogP contribution in [0.5, 0.6) is 5.75 Å². The van der Waals surface area contributed by atoms with Crippen molar-refractivity contribution in [3.8, 4) is 17.1 Å². The van der Waals surface area contributed by atoms with Gasteiger partial charge in [-0.2, -0.15) is 5.21 Å². The van der Waals surface area contributed by atoms with E-state index in [-0.39, 0.29) is 5.91 Å². The lowest BCUT2D eigenvalue weighted by Gasteiger charge is -2.09. The number of carbonyl (C=O) groups is 1. The minimum atomic E-state index is -0.232. The molecule has 23 heavy (non-hydrogen) atoms. The molecule has 0 fully saturated rings. The number of nitrogens with zero attached hydrogens (tertiary/aromatic N) is 3. The molecule has 0 radical (unpaired) electrons. The molecule has 1 aromatic heterocycles. The van der Waals surface area contributed by atoms with Gasteiger partial charge in [-0.1, -0.05) is 12.1 Å². The number of methoxy groups -OCH3 is 1. The van der Waals surface area contributed by atoms with Gasteiger partial charge in [0.25, 0.3) is 5.91 Å². The van der Waals surface area contributed by atoms with Crippen molar-refractivity contribution in [1.29, 1.82) is 0 Å². The lowest BCUT2D eigenvalue weighted by molar-refractivity contribution is 0.102. The smallest absolute Gasteiger partial charge is 0.256 e. The van der Waals surface area contributed by atoms with E-state index in [4.69, 9.17) is 4.74 Å². The molecule has 3 aromatic rings. The van der Waals surface area contributed by atoms with Gasteiger partial charge in [0.1, 0.15) is 5.75 Å². The van der Waals surface area contributed by atoms with Crippen LogP contribution in [0.1, 0.15) is 10.4 Å².